The summed E-state index contributed by atoms with van der Waals surface area (Å²) < 4.78 is 17.7. The van der Waals surface area contributed by atoms with Crippen LogP contribution in [0.3, 0.4) is 0 Å². The van der Waals surface area contributed by atoms with Gasteiger partial charge in [-0.25, -0.2) is 4.39 Å². The molecule has 1 aliphatic rings. The van der Waals surface area contributed by atoms with Crippen LogP contribution < -0.4 is 15.0 Å². The van der Waals surface area contributed by atoms with Crippen LogP contribution in [0, 0.1) is 10.3 Å². The van der Waals surface area contributed by atoms with Gasteiger partial charge in [0.25, 0.3) is 5.91 Å². The quantitative estimate of drug-likeness (QED) is 0.361. The van der Waals surface area contributed by atoms with Gasteiger partial charge in [0.05, 0.1) is 12.8 Å². The van der Waals surface area contributed by atoms with E-state index in [2.05, 4.69) is 10.5 Å². The number of rotatable bonds is 10. The van der Waals surface area contributed by atoms with E-state index in [0.29, 0.717) is 48.3 Å². The second kappa shape index (κ2) is 12.0. The maximum atomic E-state index is 13.6. The molecule has 0 radical (unpaired) electrons. The van der Waals surface area contributed by atoms with Crippen LogP contribution >= 0.6 is 0 Å². The van der Waals surface area contributed by atoms with E-state index in [1.165, 1.54) is 13.2 Å². The van der Waals surface area contributed by atoms with Crippen LogP contribution in [0.15, 0.2) is 77.5 Å². The molecule has 8 nitrogen and oxygen atoms in total. The second-order valence-corrected chi connectivity index (χ2v) is 8.72. The first-order valence-corrected chi connectivity index (χ1v) is 11.5. The maximum Gasteiger partial charge on any atom is 0.312 e. The number of ether oxygens (including phenoxy) is 1. The van der Waals surface area contributed by atoms with Gasteiger partial charge < -0.3 is 15.0 Å². The predicted molar refractivity (Wildman–Crippen MR) is 136 cm³/mol. The molecular formula is C27H28FN3O5. The third-order valence-electron chi connectivity index (χ3n) is 6.13. The van der Waals surface area contributed by atoms with Gasteiger partial charge in [-0.05, 0) is 61.1 Å². The maximum absolute atomic E-state index is 13.6. The number of benzene rings is 2. The smallest absolute Gasteiger partial charge is 0.312 e. The average molecular weight is 494 g/mol. The monoisotopic (exact) mass is 493 g/mol. The molecule has 0 aliphatic heterocycles. The standard InChI is InChI=1S/C27H28FN3O5/c1-27(13-12-20(18-27)25(33)30-35)14-16-31(21-7-4-3-5-8-21)26(34)19-10-11-22(23(17-19)36-2)29-24(32)9-6-15-28/h3-11,17-18H,12-16H2,1-2H3,(H,29,32)/b9-6+/t27-/m0/s1. The Bertz CT molecular complexity index is 1200. The van der Waals surface area contributed by atoms with Crippen LogP contribution in [-0.2, 0) is 9.59 Å². The van der Waals surface area contributed by atoms with Crippen molar-refractivity contribution in [3.05, 3.63) is 82.8 Å². The molecule has 0 saturated carbocycles. The van der Waals surface area contributed by atoms with E-state index < -0.39 is 18.5 Å². The summed E-state index contributed by atoms with van der Waals surface area (Å²) in [5.41, 5.74) is 1.45. The fourth-order valence-corrected chi connectivity index (χ4v) is 4.14. The summed E-state index contributed by atoms with van der Waals surface area (Å²) in [5.74, 6) is -1.25. The molecule has 9 heteroatoms. The molecule has 2 aromatic carbocycles. The molecule has 2 aromatic rings. The number of nitroso groups, excluding NO2 is 1. The molecule has 0 saturated heterocycles. The molecule has 36 heavy (non-hydrogen) atoms. The van der Waals surface area contributed by atoms with Crippen molar-refractivity contribution in [3.63, 3.8) is 0 Å². The number of carbonyl (C=O) groups excluding carboxylic acids is 3. The third kappa shape index (κ3) is 6.50. The summed E-state index contributed by atoms with van der Waals surface area (Å²) in [6, 6.07) is 13.9. The van der Waals surface area contributed by atoms with Gasteiger partial charge in [0.15, 0.2) is 0 Å². The summed E-state index contributed by atoms with van der Waals surface area (Å²) in [6.07, 6.45) is 5.69. The van der Waals surface area contributed by atoms with Gasteiger partial charge >= 0.3 is 5.91 Å². The van der Waals surface area contributed by atoms with Gasteiger partial charge in [0.1, 0.15) is 12.4 Å². The molecule has 0 unspecified atom stereocenters. The number of anilines is 2. The van der Waals surface area contributed by atoms with Crippen LogP contribution in [0.4, 0.5) is 15.8 Å². The van der Waals surface area contributed by atoms with Crippen LogP contribution in [0.25, 0.3) is 0 Å². The fourth-order valence-electron chi connectivity index (χ4n) is 4.14. The lowest BCUT2D eigenvalue weighted by atomic mass is 9.86. The summed E-state index contributed by atoms with van der Waals surface area (Å²) in [6.45, 7) is 1.60. The Morgan fingerprint density at radius 2 is 1.94 bits per heavy atom. The van der Waals surface area contributed by atoms with Crippen LogP contribution in [0.2, 0.25) is 0 Å². The van der Waals surface area contributed by atoms with Crippen molar-refractivity contribution < 1.29 is 23.5 Å². The lowest BCUT2D eigenvalue weighted by molar-refractivity contribution is -0.114. The number of para-hydroxylation sites is 1. The number of alkyl halides is 1. The Balaban J connectivity index is 1.84. The number of amides is 3. The van der Waals surface area contributed by atoms with Crippen LogP contribution in [0.1, 0.15) is 36.5 Å². The topological polar surface area (TPSA) is 105 Å². The Morgan fingerprint density at radius 1 is 1.19 bits per heavy atom. The van der Waals surface area contributed by atoms with Crippen molar-refractivity contribution in [2.24, 2.45) is 10.6 Å². The zero-order chi connectivity index (χ0) is 26.1. The first-order valence-electron chi connectivity index (χ1n) is 11.5. The number of allylic oxidation sites excluding steroid dienone is 2. The van der Waals surface area contributed by atoms with Crippen molar-refractivity contribution in [1.29, 1.82) is 0 Å². The van der Waals surface area contributed by atoms with E-state index in [9.17, 15) is 23.7 Å². The van der Waals surface area contributed by atoms with E-state index >= 15 is 0 Å². The van der Waals surface area contributed by atoms with Gasteiger partial charge in [-0.2, -0.15) is 0 Å². The number of halogens is 1. The van der Waals surface area contributed by atoms with Gasteiger partial charge in [0.2, 0.25) is 5.91 Å². The molecule has 0 bridgehead atoms. The van der Waals surface area contributed by atoms with Crippen molar-refractivity contribution in [2.45, 2.75) is 26.2 Å². The Hall–Kier alpha value is -4.14. The number of nitrogens with one attached hydrogen (secondary N) is 1. The number of hydrogen-bond donors (Lipinski definition) is 1. The average Bonchev–Trinajstić information content (AvgIpc) is 3.29. The van der Waals surface area contributed by atoms with Crippen LogP contribution in [0.5, 0.6) is 5.75 Å². The summed E-state index contributed by atoms with van der Waals surface area (Å²) in [5, 5.41) is 5.12. The van der Waals surface area contributed by atoms with Crippen LogP contribution in [-0.4, -0.2) is 38.1 Å². The zero-order valence-corrected chi connectivity index (χ0v) is 20.2. The SMILES string of the molecule is COc1cc(C(=O)N(CC[C@@]2(C)C=C(C(=O)N=O)CC2)c2ccccc2)ccc1NC(=O)/C=C/CF. The van der Waals surface area contributed by atoms with Crippen molar-refractivity contribution in [3.8, 4) is 5.75 Å². The third-order valence-corrected chi connectivity index (χ3v) is 6.13. The van der Waals surface area contributed by atoms with E-state index in [1.807, 2.05) is 37.3 Å². The number of carbonyl (C=O) groups is 3. The van der Waals surface area contributed by atoms with Gasteiger partial charge in [-0.15, -0.1) is 4.91 Å². The molecule has 0 heterocycles. The first-order chi connectivity index (χ1) is 17.3. The van der Waals surface area contributed by atoms with Gasteiger partial charge in [-0.3, -0.25) is 14.4 Å². The van der Waals surface area contributed by atoms with Gasteiger partial charge in [-0.1, -0.05) is 31.2 Å². The Labute approximate surface area is 208 Å². The lowest BCUT2D eigenvalue weighted by Gasteiger charge is -2.28. The van der Waals surface area contributed by atoms with E-state index in [1.54, 1.807) is 23.1 Å². The number of nitrogens with zero attached hydrogens (tertiary/aromatic N) is 2. The minimum absolute atomic E-state index is 0.272. The summed E-state index contributed by atoms with van der Waals surface area (Å²) in [7, 11) is 1.42. The van der Waals surface area contributed by atoms with E-state index in [-0.39, 0.29) is 17.1 Å². The minimum Gasteiger partial charge on any atom is -0.495 e. The summed E-state index contributed by atoms with van der Waals surface area (Å²) >= 11 is 0. The molecule has 1 N–H and O–H groups in total. The molecule has 1 atom stereocenters. The molecule has 0 fully saturated rings. The van der Waals surface area contributed by atoms with Crippen molar-refractivity contribution in [1.82, 2.24) is 0 Å². The van der Waals surface area contributed by atoms with Crippen molar-refractivity contribution in [2.75, 3.05) is 30.5 Å². The molecule has 3 amide bonds. The van der Waals surface area contributed by atoms with E-state index in [4.69, 9.17) is 4.74 Å². The largest absolute Gasteiger partial charge is 0.495 e. The molecule has 0 spiro atoms. The molecular weight excluding hydrogens is 465 g/mol. The predicted octanol–water partition coefficient (Wildman–Crippen LogP) is 5.22. The second-order valence-electron chi connectivity index (χ2n) is 8.72. The lowest BCUT2D eigenvalue weighted by Crippen LogP contribution is -2.34. The first kappa shape index (κ1) is 26.5. The summed E-state index contributed by atoms with van der Waals surface area (Å²) in [4.78, 5) is 49.5. The minimum atomic E-state index is -0.756. The highest BCUT2D eigenvalue weighted by atomic mass is 19.1. The Morgan fingerprint density at radius 3 is 2.61 bits per heavy atom. The van der Waals surface area contributed by atoms with Crippen molar-refractivity contribution >= 4 is 29.1 Å². The number of hydrogen-bond acceptors (Lipinski definition) is 5. The molecule has 0 aromatic heterocycles. The number of methoxy groups -OCH3 is 1. The highest BCUT2D eigenvalue weighted by Crippen LogP contribution is 2.39. The highest BCUT2D eigenvalue weighted by molar-refractivity contribution is 6.07. The van der Waals surface area contributed by atoms with E-state index in [0.717, 1.165) is 12.2 Å². The fraction of sp³-hybridized carbons (Fsp3) is 0.296. The Kier molecular flexibility index (Phi) is 8.83. The van der Waals surface area contributed by atoms with Gasteiger partial charge in [0, 0.05) is 34.6 Å². The molecule has 1 aliphatic carbocycles. The normalized spacial score (nSPS) is 16.9. The zero-order valence-electron chi connectivity index (χ0n) is 20.2. The molecule has 3 rings (SSSR count). The molecule has 188 valence electrons. The highest BCUT2D eigenvalue weighted by Gasteiger charge is 2.32.